The van der Waals surface area contributed by atoms with Crippen LogP contribution in [0.2, 0.25) is 0 Å². The van der Waals surface area contributed by atoms with E-state index in [1.165, 1.54) is 11.3 Å². The minimum atomic E-state index is -0.210. The molecule has 1 aliphatic rings. The topological polar surface area (TPSA) is 62.3 Å². The Hall–Kier alpha value is -3.43. The van der Waals surface area contributed by atoms with Crippen LogP contribution in [0.5, 0.6) is 0 Å². The summed E-state index contributed by atoms with van der Waals surface area (Å²) < 4.78 is 0. The number of likely N-dealkylation sites (tertiary alicyclic amines) is 1. The van der Waals surface area contributed by atoms with Crippen molar-refractivity contribution in [2.24, 2.45) is 0 Å². The minimum absolute atomic E-state index is 0.123. The third kappa shape index (κ3) is 5.06. The van der Waals surface area contributed by atoms with Gasteiger partial charge in [0.1, 0.15) is 5.69 Å². The van der Waals surface area contributed by atoms with Crippen LogP contribution in [0.4, 0.5) is 5.69 Å². The number of terminal acetylenes is 1. The second kappa shape index (κ2) is 10.3. The lowest BCUT2D eigenvalue weighted by Gasteiger charge is -2.31. The first-order valence-electron chi connectivity index (χ1n) is 10.8. The molecule has 5 nitrogen and oxygen atoms in total. The number of anilines is 1. The molecule has 0 spiro atoms. The third-order valence-corrected chi connectivity index (χ3v) is 6.70. The first-order valence-corrected chi connectivity index (χ1v) is 11.7. The Morgan fingerprint density at radius 3 is 2.56 bits per heavy atom. The molecule has 0 bridgehead atoms. The Labute approximate surface area is 192 Å². The van der Waals surface area contributed by atoms with Gasteiger partial charge in [-0.3, -0.25) is 9.59 Å². The van der Waals surface area contributed by atoms with E-state index in [0.717, 1.165) is 34.7 Å². The van der Waals surface area contributed by atoms with Crippen LogP contribution in [0, 0.1) is 12.3 Å². The molecule has 1 N–H and O–H groups in total. The number of carbonyl (C=O) groups is 2. The first kappa shape index (κ1) is 21.8. The number of hydrogen-bond acceptors (Lipinski definition) is 4. The van der Waals surface area contributed by atoms with Gasteiger partial charge in [0.2, 0.25) is 5.91 Å². The number of aromatic nitrogens is 1. The summed E-state index contributed by atoms with van der Waals surface area (Å²) in [4.78, 5) is 31.6. The summed E-state index contributed by atoms with van der Waals surface area (Å²) in [5, 5.41) is 5.80. The Kier molecular flexibility index (Phi) is 6.98. The highest BCUT2D eigenvalue weighted by atomic mass is 32.1. The number of benzene rings is 2. The second-order valence-electron chi connectivity index (χ2n) is 7.80. The van der Waals surface area contributed by atoms with Crippen LogP contribution in [0.1, 0.15) is 47.1 Å². The van der Waals surface area contributed by atoms with Crippen LogP contribution in [0.25, 0.3) is 11.1 Å². The van der Waals surface area contributed by atoms with Gasteiger partial charge in [0.05, 0.1) is 5.01 Å². The van der Waals surface area contributed by atoms with Gasteiger partial charge in [-0.2, -0.15) is 0 Å². The molecule has 4 rings (SSSR count). The van der Waals surface area contributed by atoms with E-state index in [4.69, 9.17) is 6.42 Å². The van der Waals surface area contributed by atoms with Crippen LogP contribution in [-0.4, -0.2) is 34.8 Å². The summed E-state index contributed by atoms with van der Waals surface area (Å²) in [5.41, 5.74) is 3.21. The molecule has 3 aromatic rings. The summed E-state index contributed by atoms with van der Waals surface area (Å²) in [6, 6.07) is 17.7. The van der Waals surface area contributed by atoms with Crippen LogP contribution in [0.3, 0.4) is 0 Å². The van der Waals surface area contributed by atoms with Crippen molar-refractivity contribution >= 4 is 28.8 Å². The molecule has 2 aromatic carbocycles. The maximum absolute atomic E-state index is 12.9. The number of carbonyl (C=O) groups excluding carboxylic acids is 2. The molecule has 1 fully saturated rings. The number of thiazole rings is 1. The van der Waals surface area contributed by atoms with Crippen molar-refractivity contribution in [3.05, 3.63) is 70.7 Å². The van der Waals surface area contributed by atoms with Gasteiger partial charge < -0.3 is 10.2 Å². The fourth-order valence-corrected chi connectivity index (χ4v) is 4.91. The normalized spacial score (nSPS) is 14.0. The molecule has 0 aliphatic carbocycles. The third-order valence-electron chi connectivity index (χ3n) is 5.69. The molecule has 0 saturated carbocycles. The van der Waals surface area contributed by atoms with E-state index in [0.29, 0.717) is 31.6 Å². The van der Waals surface area contributed by atoms with Gasteiger partial charge in [0.25, 0.3) is 5.91 Å². The van der Waals surface area contributed by atoms with E-state index in [9.17, 15) is 9.59 Å². The predicted octanol–water partition coefficient (Wildman–Crippen LogP) is 5.18. The average molecular weight is 444 g/mol. The summed E-state index contributed by atoms with van der Waals surface area (Å²) in [6.07, 6.45) is 7.86. The number of rotatable bonds is 6. The van der Waals surface area contributed by atoms with Gasteiger partial charge in [-0.05, 0) is 24.5 Å². The SMILES string of the molecule is C#CCCC(=O)N1CCC(c2nc(C(=O)Nc3ccccc3-c3ccccc3)cs2)CC1. The van der Waals surface area contributed by atoms with Crippen molar-refractivity contribution in [1.82, 2.24) is 9.88 Å². The Bertz CT molecular complexity index is 1130. The highest BCUT2D eigenvalue weighted by Crippen LogP contribution is 2.32. The molecule has 0 atom stereocenters. The quantitative estimate of drug-likeness (QED) is 0.534. The molecule has 6 heteroatoms. The molecule has 0 unspecified atom stereocenters. The lowest BCUT2D eigenvalue weighted by atomic mass is 9.97. The van der Waals surface area contributed by atoms with Crippen LogP contribution >= 0.6 is 11.3 Å². The minimum Gasteiger partial charge on any atom is -0.343 e. The smallest absolute Gasteiger partial charge is 0.275 e. The number of para-hydroxylation sites is 1. The van der Waals surface area contributed by atoms with Crippen molar-refractivity contribution in [3.8, 4) is 23.5 Å². The molecular weight excluding hydrogens is 418 g/mol. The number of amides is 2. The van der Waals surface area contributed by atoms with Crippen molar-refractivity contribution in [2.45, 2.75) is 31.6 Å². The fraction of sp³-hybridized carbons (Fsp3) is 0.269. The van der Waals surface area contributed by atoms with E-state index in [2.05, 4.69) is 16.2 Å². The lowest BCUT2D eigenvalue weighted by Crippen LogP contribution is -2.37. The average Bonchev–Trinajstić information content (AvgIpc) is 3.34. The molecule has 2 heterocycles. The summed E-state index contributed by atoms with van der Waals surface area (Å²) in [7, 11) is 0. The Balaban J connectivity index is 1.40. The summed E-state index contributed by atoms with van der Waals surface area (Å²) >= 11 is 1.52. The maximum Gasteiger partial charge on any atom is 0.275 e. The number of nitrogens with one attached hydrogen (secondary N) is 1. The highest BCUT2D eigenvalue weighted by Gasteiger charge is 2.26. The zero-order chi connectivity index (χ0) is 22.3. The van der Waals surface area contributed by atoms with E-state index >= 15 is 0 Å². The van der Waals surface area contributed by atoms with E-state index < -0.39 is 0 Å². The standard InChI is InChI=1S/C26H25N3O2S/c1-2-3-13-24(30)29-16-14-20(15-17-29)26-28-23(18-32-26)25(31)27-22-12-8-7-11-21(22)19-9-5-4-6-10-19/h1,4-12,18,20H,3,13-17H2,(H,27,31). The van der Waals surface area contributed by atoms with E-state index in [-0.39, 0.29) is 17.7 Å². The van der Waals surface area contributed by atoms with Crippen molar-refractivity contribution in [1.29, 1.82) is 0 Å². The van der Waals surface area contributed by atoms with Crippen molar-refractivity contribution < 1.29 is 9.59 Å². The summed E-state index contributed by atoms with van der Waals surface area (Å²) in [6.45, 7) is 1.42. The van der Waals surface area contributed by atoms with Crippen LogP contribution in [-0.2, 0) is 4.79 Å². The monoisotopic (exact) mass is 443 g/mol. The van der Waals surface area contributed by atoms with E-state index in [1.54, 1.807) is 0 Å². The molecule has 1 aliphatic heterocycles. The zero-order valence-electron chi connectivity index (χ0n) is 17.8. The van der Waals surface area contributed by atoms with Crippen molar-refractivity contribution in [3.63, 3.8) is 0 Å². The van der Waals surface area contributed by atoms with Gasteiger partial charge in [-0.15, -0.1) is 23.7 Å². The van der Waals surface area contributed by atoms with Gasteiger partial charge >= 0.3 is 0 Å². The van der Waals surface area contributed by atoms with Gasteiger partial charge in [0, 0.05) is 48.5 Å². The number of piperidine rings is 1. The van der Waals surface area contributed by atoms with Gasteiger partial charge in [0.15, 0.2) is 0 Å². The number of hydrogen-bond donors (Lipinski definition) is 1. The molecular formula is C26H25N3O2S. The number of nitrogens with zero attached hydrogens (tertiary/aromatic N) is 2. The largest absolute Gasteiger partial charge is 0.343 e. The van der Waals surface area contributed by atoms with Crippen LogP contribution < -0.4 is 5.32 Å². The molecule has 32 heavy (non-hydrogen) atoms. The molecule has 162 valence electrons. The van der Waals surface area contributed by atoms with Gasteiger partial charge in [-0.25, -0.2) is 4.98 Å². The Morgan fingerprint density at radius 1 is 1.09 bits per heavy atom. The van der Waals surface area contributed by atoms with Crippen molar-refractivity contribution in [2.75, 3.05) is 18.4 Å². The predicted molar refractivity (Wildman–Crippen MR) is 129 cm³/mol. The van der Waals surface area contributed by atoms with E-state index in [1.807, 2.05) is 64.9 Å². The maximum atomic E-state index is 12.9. The lowest BCUT2D eigenvalue weighted by molar-refractivity contribution is -0.132. The van der Waals surface area contributed by atoms with Gasteiger partial charge in [-0.1, -0.05) is 48.5 Å². The molecule has 1 aromatic heterocycles. The second-order valence-corrected chi connectivity index (χ2v) is 8.69. The highest BCUT2D eigenvalue weighted by molar-refractivity contribution is 7.10. The fourth-order valence-electron chi connectivity index (χ4n) is 3.94. The molecule has 0 radical (unpaired) electrons. The molecule has 1 saturated heterocycles. The zero-order valence-corrected chi connectivity index (χ0v) is 18.6. The summed E-state index contributed by atoms with van der Waals surface area (Å²) in [5.74, 6) is 2.71. The Morgan fingerprint density at radius 2 is 1.81 bits per heavy atom. The molecule has 2 amide bonds. The van der Waals surface area contributed by atoms with Crippen LogP contribution in [0.15, 0.2) is 60.0 Å². The first-order chi connectivity index (χ1) is 15.7.